The van der Waals surface area contributed by atoms with Gasteiger partial charge in [-0.05, 0) is 30.0 Å². The molecule has 1 aromatic carbocycles. The van der Waals surface area contributed by atoms with E-state index in [1.807, 2.05) is 0 Å². The van der Waals surface area contributed by atoms with Gasteiger partial charge in [0.1, 0.15) is 11.6 Å². The summed E-state index contributed by atoms with van der Waals surface area (Å²) in [5, 5.41) is 10.5. The van der Waals surface area contributed by atoms with Gasteiger partial charge in [0.05, 0.1) is 5.75 Å². The van der Waals surface area contributed by atoms with Gasteiger partial charge in [-0.25, -0.2) is 4.98 Å². The minimum atomic E-state index is -2.85. The van der Waals surface area contributed by atoms with E-state index in [1.165, 1.54) is 49.6 Å². The molecule has 0 aliphatic heterocycles. The first-order chi connectivity index (χ1) is 13.6. The fourth-order valence-electron chi connectivity index (χ4n) is 3.26. The van der Waals surface area contributed by atoms with Crippen molar-refractivity contribution in [2.24, 2.45) is 5.92 Å². The lowest BCUT2D eigenvalue weighted by Crippen LogP contribution is -2.24. The molecule has 1 aliphatic carbocycles. The first kappa shape index (κ1) is 20.6. The molecule has 6 nitrogen and oxygen atoms in total. The Morgan fingerprint density at radius 3 is 2.75 bits per heavy atom. The Kier molecular flexibility index (Phi) is 7.64. The van der Waals surface area contributed by atoms with Crippen LogP contribution in [-0.2, 0) is 17.8 Å². The summed E-state index contributed by atoms with van der Waals surface area (Å²) in [6, 6.07) is 6.17. The molecule has 0 atom stereocenters. The maximum absolute atomic E-state index is 12.1. The van der Waals surface area contributed by atoms with Crippen LogP contribution >= 0.6 is 11.8 Å². The minimum absolute atomic E-state index is 0.0916. The Morgan fingerprint density at radius 2 is 2.04 bits per heavy atom. The summed E-state index contributed by atoms with van der Waals surface area (Å²) in [7, 11) is 0. The molecule has 0 radical (unpaired) electrons. The van der Waals surface area contributed by atoms with Gasteiger partial charge in [0.25, 0.3) is 0 Å². The lowest BCUT2D eigenvalue weighted by Gasteiger charge is -2.07. The molecule has 9 heteroatoms. The number of ether oxygens (including phenoxy) is 1. The molecule has 1 aliphatic rings. The predicted molar refractivity (Wildman–Crippen MR) is 102 cm³/mol. The molecule has 152 valence electrons. The number of thioether (sulfide) groups is 1. The zero-order valence-corrected chi connectivity index (χ0v) is 16.3. The van der Waals surface area contributed by atoms with E-state index in [1.54, 1.807) is 12.1 Å². The fourth-order valence-corrected chi connectivity index (χ4v) is 3.91. The quantitative estimate of drug-likeness (QED) is 0.580. The van der Waals surface area contributed by atoms with Crippen molar-refractivity contribution in [3.05, 3.63) is 35.7 Å². The minimum Gasteiger partial charge on any atom is -0.435 e. The summed E-state index contributed by atoms with van der Waals surface area (Å²) in [5.41, 5.74) is 0.798. The first-order valence-corrected chi connectivity index (χ1v) is 10.4. The van der Waals surface area contributed by atoms with Crippen LogP contribution < -0.4 is 10.1 Å². The van der Waals surface area contributed by atoms with Gasteiger partial charge in [0.15, 0.2) is 0 Å². The van der Waals surface area contributed by atoms with Crippen molar-refractivity contribution in [2.45, 2.75) is 56.8 Å². The Labute approximate surface area is 166 Å². The Balaban J connectivity index is 1.35. The molecule has 1 fully saturated rings. The molecule has 2 N–H and O–H groups in total. The number of nitrogens with zero attached hydrogens (tertiary/aromatic N) is 2. The summed E-state index contributed by atoms with van der Waals surface area (Å²) in [5.74, 6) is 1.85. The van der Waals surface area contributed by atoms with Crippen LogP contribution in [-0.4, -0.2) is 33.5 Å². The summed E-state index contributed by atoms with van der Waals surface area (Å²) in [4.78, 5) is 16.4. The topological polar surface area (TPSA) is 79.9 Å². The van der Waals surface area contributed by atoms with Crippen molar-refractivity contribution in [1.82, 2.24) is 20.5 Å². The number of benzene rings is 1. The van der Waals surface area contributed by atoms with Crippen molar-refractivity contribution < 1.29 is 18.3 Å². The van der Waals surface area contributed by atoms with Crippen LogP contribution in [0.15, 0.2) is 29.4 Å². The number of alkyl halides is 2. The van der Waals surface area contributed by atoms with Crippen molar-refractivity contribution >= 4 is 17.7 Å². The molecule has 1 heterocycles. The van der Waals surface area contributed by atoms with Crippen LogP contribution in [0.1, 0.15) is 43.5 Å². The molecule has 0 saturated heterocycles. The maximum atomic E-state index is 12.1. The van der Waals surface area contributed by atoms with Gasteiger partial charge in [-0.15, -0.1) is 5.10 Å². The highest BCUT2D eigenvalue weighted by molar-refractivity contribution is 7.99. The molecular weight excluding hydrogens is 386 g/mol. The number of rotatable bonds is 10. The van der Waals surface area contributed by atoms with Gasteiger partial charge in [0.2, 0.25) is 11.1 Å². The SMILES string of the molecule is O=C(CSc1n[nH]c(CCC2CCCC2)n1)NCc1ccc(OC(F)F)cc1. The average molecular weight is 410 g/mol. The highest BCUT2D eigenvalue weighted by atomic mass is 32.2. The number of amides is 1. The molecule has 1 aromatic heterocycles. The fraction of sp³-hybridized carbons (Fsp3) is 0.526. The summed E-state index contributed by atoms with van der Waals surface area (Å²) in [6.45, 7) is -2.53. The maximum Gasteiger partial charge on any atom is 0.387 e. The standard InChI is InChI=1S/C19H24F2N4O2S/c20-18(21)27-15-8-5-14(6-9-15)11-22-17(26)12-28-19-23-16(24-25-19)10-7-13-3-1-2-4-13/h5-6,8-9,13,18H,1-4,7,10-12H2,(H,22,26)(H,23,24,25). The van der Waals surface area contributed by atoms with E-state index in [2.05, 4.69) is 25.2 Å². The van der Waals surface area contributed by atoms with Crippen LogP contribution in [0.25, 0.3) is 0 Å². The van der Waals surface area contributed by atoms with E-state index in [-0.39, 0.29) is 17.4 Å². The molecule has 1 saturated carbocycles. The van der Waals surface area contributed by atoms with Crippen LogP contribution in [0.4, 0.5) is 8.78 Å². The van der Waals surface area contributed by atoms with Gasteiger partial charge < -0.3 is 10.1 Å². The van der Waals surface area contributed by atoms with Crippen LogP contribution in [0, 0.1) is 5.92 Å². The smallest absolute Gasteiger partial charge is 0.387 e. The Morgan fingerprint density at radius 1 is 1.29 bits per heavy atom. The third-order valence-corrected chi connectivity index (χ3v) is 5.59. The number of aryl methyl sites for hydroxylation is 1. The van der Waals surface area contributed by atoms with E-state index in [4.69, 9.17) is 0 Å². The molecule has 28 heavy (non-hydrogen) atoms. The van der Waals surface area contributed by atoms with Crippen molar-refractivity contribution in [1.29, 1.82) is 0 Å². The third-order valence-electron chi connectivity index (χ3n) is 4.75. The predicted octanol–water partition coefficient (Wildman–Crippen LogP) is 3.94. The number of carbonyl (C=O) groups excluding carboxylic acids is 1. The number of nitrogens with one attached hydrogen (secondary N) is 2. The summed E-state index contributed by atoms with van der Waals surface area (Å²) in [6.07, 6.45) is 7.35. The van der Waals surface area contributed by atoms with Crippen LogP contribution in [0.2, 0.25) is 0 Å². The second kappa shape index (κ2) is 10.4. The molecule has 0 bridgehead atoms. The normalized spacial score (nSPS) is 14.5. The van der Waals surface area contributed by atoms with E-state index < -0.39 is 6.61 Å². The average Bonchev–Trinajstić information content (AvgIpc) is 3.35. The summed E-state index contributed by atoms with van der Waals surface area (Å²) < 4.78 is 28.5. The molecule has 3 rings (SSSR count). The van der Waals surface area contributed by atoms with E-state index in [0.717, 1.165) is 30.1 Å². The highest BCUT2D eigenvalue weighted by Crippen LogP contribution is 2.28. The van der Waals surface area contributed by atoms with E-state index >= 15 is 0 Å². The number of hydrogen-bond acceptors (Lipinski definition) is 5. The number of hydrogen-bond donors (Lipinski definition) is 2. The molecule has 1 amide bonds. The molecule has 2 aromatic rings. The zero-order chi connectivity index (χ0) is 19.8. The van der Waals surface area contributed by atoms with Gasteiger partial charge in [-0.2, -0.15) is 8.78 Å². The zero-order valence-electron chi connectivity index (χ0n) is 15.5. The molecular formula is C19H24F2N4O2S. The monoisotopic (exact) mass is 410 g/mol. The van der Waals surface area contributed by atoms with E-state index in [0.29, 0.717) is 11.7 Å². The van der Waals surface area contributed by atoms with Crippen molar-refractivity contribution in [3.63, 3.8) is 0 Å². The number of aromatic nitrogens is 3. The third kappa shape index (κ3) is 6.78. The van der Waals surface area contributed by atoms with Crippen molar-refractivity contribution in [3.8, 4) is 5.75 Å². The number of H-pyrrole nitrogens is 1. The number of halogens is 2. The van der Waals surface area contributed by atoms with Crippen LogP contribution in [0.3, 0.4) is 0 Å². The number of carbonyl (C=O) groups is 1. The van der Waals surface area contributed by atoms with Crippen molar-refractivity contribution in [2.75, 3.05) is 5.75 Å². The Hall–Kier alpha value is -2.16. The van der Waals surface area contributed by atoms with Gasteiger partial charge in [-0.1, -0.05) is 49.6 Å². The van der Waals surface area contributed by atoms with E-state index in [9.17, 15) is 13.6 Å². The summed E-state index contributed by atoms with van der Waals surface area (Å²) >= 11 is 1.28. The van der Waals surface area contributed by atoms with Gasteiger partial charge in [0, 0.05) is 13.0 Å². The second-order valence-electron chi connectivity index (χ2n) is 6.84. The lowest BCUT2D eigenvalue weighted by molar-refractivity contribution is -0.118. The first-order valence-electron chi connectivity index (χ1n) is 9.43. The number of aromatic amines is 1. The second-order valence-corrected chi connectivity index (χ2v) is 7.78. The molecule has 0 unspecified atom stereocenters. The van der Waals surface area contributed by atoms with Gasteiger partial charge in [-0.3, -0.25) is 9.89 Å². The molecule has 0 spiro atoms. The lowest BCUT2D eigenvalue weighted by atomic mass is 10.0. The largest absolute Gasteiger partial charge is 0.435 e. The Bertz CT molecular complexity index is 749. The highest BCUT2D eigenvalue weighted by Gasteiger charge is 2.16. The van der Waals surface area contributed by atoms with Crippen LogP contribution in [0.5, 0.6) is 5.75 Å². The van der Waals surface area contributed by atoms with Gasteiger partial charge >= 0.3 is 6.61 Å².